The second kappa shape index (κ2) is 6.40. The normalized spacial score (nSPS) is 10.9. The molecule has 4 heteroatoms. The average Bonchev–Trinajstić information content (AvgIpc) is 2.22. The maximum absolute atomic E-state index is 8.84. The first-order chi connectivity index (χ1) is 7.26. The Morgan fingerprint density at radius 1 is 1.00 bits per heavy atom. The lowest BCUT2D eigenvalue weighted by molar-refractivity contribution is 0.156. The minimum atomic E-state index is 0.106. The summed E-state index contributed by atoms with van der Waals surface area (Å²) in [5.74, 6) is 0. The molecular formula is C11H18N2O2. The zero-order valence-corrected chi connectivity index (χ0v) is 8.76. The standard InChI is InChI=1S/C11H18N2O2/c12-11-3-1-10(2-4-11)9-13(5-7-14)6-8-15/h1-4,14-15H,5-9,12H2. The summed E-state index contributed by atoms with van der Waals surface area (Å²) in [6.07, 6.45) is 0. The summed E-state index contributed by atoms with van der Waals surface area (Å²) in [4.78, 5) is 1.99. The van der Waals surface area contributed by atoms with E-state index in [2.05, 4.69) is 0 Å². The van der Waals surface area contributed by atoms with Gasteiger partial charge in [0.05, 0.1) is 13.2 Å². The van der Waals surface area contributed by atoms with Gasteiger partial charge < -0.3 is 15.9 Å². The van der Waals surface area contributed by atoms with Crippen LogP contribution in [0.4, 0.5) is 5.69 Å². The predicted octanol–water partition coefficient (Wildman–Crippen LogP) is 0.0554. The minimum Gasteiger partial charge on any atom is -0.399 e. The van der Waals surface area contributed by atoms with Crippen LogP contribution in [0.1, 0.15) is 5.56 Å². The molecular weight excluding hydrogens is 192 g/mol. The van der Waals surface area contributed by atoms with E-state index in [0.29, 0.717) is 13.1 Å². The Bertz CT molecular complexity index is 268. The van der Waals surface area contributed by atoms with E-state index in [4.69, 9.17) is 15.9 Å². The molecule has 0 aromatic heterocycles. The molecule has 0 saturated carbocycles. The molecule has 0 aliphatic carbocycles. The second-order valence-electron chi connectivity index (χ2n) is 3.46. The summed E-state index contributed by atoms with van der Waals surface area (Å²) in [7, 11) is 0. The van der Waals surface area contributed by atoms with Crippen molar-refractivity contribution in [3.8, 4) is 0 Å². The van der Waals surface area contributed by atoms with Crippen molar-refractivity contribution >= 4 is 5.69 Å². The van der Waals surface area contributed by atoms with Gasteiger partial charge in [0.25, 0.3) is 0 Å². The van der Waals surface area contributed by atoms with Gasteiger partial charge in [-0.2, -0.15) is 0 Å². The van der Waals surface area contributed by atoms with Gasteiger partial charge in [0.1, 0.15) is 0 Å². The molecule has 0 radical (unpaired) electrons. The van der Waals surface area contributed by atoms with Crippen molar-refractivity contribution in [3.63, 3.8) is 0 Å². The molecule has 1 aromatic rings. The third kappa shape index (κ3) is 4.29. The highest BCUT2D eigenvalue weighted by Gasteiger charge is 2.04. The molecule has 15 heavy (non-hydrogen) atoms. The molecule has 0 amide bonds. The number of rotatable bonds is 6. The maximum Gasteiger partial charge on any atom is 0.0558 e. The predicted molar refractivity (Wildman–Crippen MR) is 60.3 cm³/mol. The molecule has 84 valence electrons. The minimum absolute atomic E-state index is 0.106. The van der Waals surface area contributed by atoms with Crippen LogP contribution in [-0.2, 0) is 6.54 Å². The fraction of sp³-hybridized carbons (Fsp3) is 0.455. The summed E-state index contributed by atoms with van der Waals surface area (Å²) in [5.41, 5.74) is 7.46. The van der Waals surface area contributed by atoms with E-state index in [-0.39, 0.29) is 13.2 Å². The molecule has 4 nitrogen and oxygen atoms in total. The number of hydrogen-bond acceptors (Lipinski definition) is 4. The van der Waals surface area contributed by atoms with Gasteiger partial charge in [0, 0.05) is 25.3 Å². The second-order valence-corrected chi connectivity index (χ2v) is 3.46. The van der Waals surface area contributed by atoms with E-state index in [1.54, 1.807) is 0 Å². The maximum atomic E-state index is 8.84. The van der Waals surface area contributed by atoms with Crippen LogP contribution in [0.15, 0.2) is 24.3 Å². The van der Waals surface area contributed by atoms with Crippen LogP contribution in [0, 0.1) is 0 Å². The van der Waals surface area contributed by atoms with Crippen molar-refractivity contribution in [3.05, 3.63) is 29.8 Å². The zero-order valence-electron chi connectivity index (χ0n) is 8.76. The van der Waals surface area contributed by atoms with Crippen molar-refractivity contribution in [2.24, 2.45) is 0 Å². The number of aliphatic hydroxyl groups excluding tert-OH is 2. The Morgan fingerprint density at radius 3 is 2.00 bits per heavy atom. The summed E-state index contributed by atoms with van der Waals surface area (Å²) in [5, 5.41) is 17.7. The quantitative estimate of drug-likeness (QED) is 0.580. The average molecular weight is 210 g/mol. The Balaban J connectivity index is 2.53. The molecule has 4 N–H and O–H groups in total. The van der Waals surface area contributed by atoms with Crippen molar-refractivity contribution < 1.29 is 10.2 Å². The first kappa shape index (κ1) is 12.0. The van der Waals surface area contributed by atoms with Crippen molar-refractivity contribution in [1.82, 2.24) is 4.90 Å². The zero-order chi connectivity index (χ0) is 11.1. The Morgan fingerprint density at radius 2 is 1.53 bits per heavy atom. The van der Waals surface area contributed by atoms with Crippen LogP contribution in [-0.4, -0.2) is 41.4 Å². The van der Waals surface area contributed by atoms with E-state index in [1.165, 1.54) is 0 Å². The third-order valence-corrected chi connectivity index (χ3v) is 2.22. The highest BCUT2D eigenvalue weighted by Crippen LogP contribution is 2.08. The molecule has 1 rings (SSSR count). The molecule has 0 fully saturated rings. The third-order valence-electron chi connectivity index (χ3n) is 2.22. The molecule has 0 unspecified atom stereocenters. The van der Waals surface area contributed by atoms with Gasteiger partial charge >= 0.3 is 0 Å². The van der Waals surface area contributed by atoms with E-state index >= 15 is 0 Å². The molecule has 0 heterocycles. The van der Waals surface area contributed by atoms with Crippen molar-refractivity contribution in [2.45, 2.75) is 6.54 Å². The molecule has 0 saturated heterocycles. The number of anilines is 1. The van der Waals surface area contributed by atoms with Crippen molar-refractivity contribution in [1.29, 1.82) is 0 Å². The summed E-state index contributed by atoms with van der Waals surface area (Å²) >= 11 is 0. The fourth-order valence-corrected chi connectivity index (χ4v) is 1.43. The van der Waals surface area contributed by atoms with Gasteiger partial charge in [-0.3, -0.25) is 4.90 Å². The van der Waals surface area contributed by atoms with Crippen LogP contribution in [0.3, 0.4) is 0 Å². The van der Waals surface area contributed by atoms with E-state index < -0.39 is 0 Å². The molecule has 1 aromatic carbocycles. The number of nitrogen functional groups attached to an aromatic ring is 1. The molecule has 0 atom stereocenters. The molecule has 0 spiro atoms. The highest BCUT2D eigenvalue weighted by molar-refractivity contribution is 5.39. The van der Waals surface area contributed by atoms with E-state index in [1.807, 2.05) is 29.2 Å². The van der Waals surface area contributed by atoms with Gasteiger partial charge in [-0.15, -0.1) is 0 Å². The van der Waals surface area contributed by atoms with Gasteiger partial charge in [-0.25, -0.2) is 0 Å². The van der Waals surface area contributed by atoms with Crippen molar-refractivity contribution in [2.75, 3.05) is 32.0 Å². The summed E-state index contributed by atoms with van der Waals surface area (Å²) in [6, 6.07) is 7.62. The van der Waals surface area contributed by atoms with Gasteiger partial charge in [0.15, 0.2) is 0 Å². The number of aliphatic hydroxyl groups is 2. The monoisotopic (exact) mass is 210 g/mol. The smallest absolute Gasteiger partial charge is 0.0558 e. The van der Waals surface area contributed by atoms with E-state index in [0.717, 1.165) is 17.8 Å². The van der Waals surface area contributed by atoms with Crippen LogP contribution in [0.25, 0.3) is 0 Å². The molecule has 0 aliphatic rings. The lowest BCUT2D eigenvalue weighted by Crippen LogP contribution is -2.29. The van der Waals surface area contributed by atoms with Crippen LogP contribution < -0.4 is 5.73 Å². The first-order valence-electron chi connectivity index (χ1n) is 5.04. The van der Waals surface area contributed by atoms with Gasteiger partial charge in [0.2, 0.25) is 0 Å². The lowest BCUT2D eigenvalue weighted by Gasteiger charge is -2.20. The summed E-state index contributed by atoms with van der Waals surface area (Å²) in [6.45, 7) is 2.08. The number of nitrogens with two attached hydrogens (primary N) is 1. The van der Waals surface area contributed by atoms with Gasteiger partial charge in [-0.05, 0) is 17.7 Å². The van der Waals surface area contributed by atoms with Crippen LogP contribution in [0.5, 0.6) is 0 Å². The van der Waals surface area contributed by atoms with Crippen LogP contribution >= 0.6 is 0 Å². The number of nitrogens with zero attached hydrogens (tertiary/aromatic N) is 1. The lowest BCUT2D eigenvalue weighted by atomic mass is 10.2. The Labute approximate surface area is 89.9 Å². The molecule has 0 aliphatic heterocycles. The SMILES string of the molecule is Nc1ccc(CN(CCO)CCO)cc1. The Hall–Kier alpha value is -1.10. The molecule has 0 bridgehead atoms. The van der Waals surface area contributed by atoms with Gasteiger partial charge in [-0.1, -0.05) is 12.1 Å². The number of benzene rings is 1. The highest BCUT2D eigenvalue weighted by atomic mass is 16.3. The topological polar surface area (TPSA) is 69.7 Å². The number of hydrogen-bond donors (Lipinski definition) is 3. The largest absolute Gasteiger partial charge is 0.399 e. The van der Waals surface area contributed by atoms with E-state index in [9.17, 15) is 0 Å². The summed E-state index contributed by atoms with van der Waals surface area (Å²) < 4.78 is 0. The Kier molecular flexibility index (Phi) is 5.10. The van der Waals surface area contributed by atoms with Crippen LogP contribution in [0.2, 0.25) is 0 Å². The first-order valence-corrected chi connectivity index (χ1v) is 5.04. The fourth-order valence-electron chi connectivity index (χ4n) is 1.43.